The van der Waals surface area contributed by atoms with Gasteiger partial charge in [0.05, 0.1) is 29.9 Å². The summed E-state index contributed by atoms with van der Waals surface area (Å²) in [6.07, 6.45) is 1.58. The van der Waals surface area contributed by atoms with Crippen LogP contribution in [0.4, 0.5) is 0 Å². The van der Waals surface area contributed by atoms with Gasteiger partial charge in [0.15, 0.2) is 0 Å². The highest BCUT2D eigenvalue weighted by Gasteiger charge is 2.21. The van der Waals surface area contributed by atoms with Gasteiger partial charge in [-0.1, -0.05) is 0 Å². The molecular formula is C9H11N3O3S2. The number of aliphatic hydroxyl groups excluding tert-OH is 1. The van der Waals surface area contributed by atoms with Crippen LogP contribution in [0.25, 0.3) is 0 Å². The fourth-order valence-electron chi connectivity index (χ4n) is 1.27. The number of rotatable bonds is 4. The van der Waals surface area contributed by atoms with Gasteiger partial charge in [0.2, 0.25) is 14.2 Å². The van der Waals surface area contributed by atoms with E-state index in [2.05, 4.69) is 15.2 Å². The minimum absolute atomic E-state index is 0.0237. The zero-order valence-electron chi connectivity index (χ0n) is 9.04. The molecule has 2 N–H and O–H groups in total. The Hall–Kier alpha value is -1.25. The number of hydrogen-bond acceptors (Lipinski definition) is 6. The maximum Gasteiger partial charge on any atom is 0.210 e. The molecule has 2 heterocycles. The number of aliphatic hydroxyl groups is 1. The Balaban J connectivity index is 2.28. The van der Waals surface area contributed by atoms with Crippen molar-refractivity contribution in [2.24, 2.45) is 0 Å². The zero-order chi connectivity index (χ0) is 12.5. The van der Waals surface area contributed by atoms with Gasteiger partial charge in [-0.05, 0) is 12.5 Å². The third kappa shape index (κ3) is 2.54. The van der Waals surface area contributed by atoms with E-state index in [9.17, 15) is 8.42 Å². The van der Waals surface area contributed by atoms with Crippen LogP contribution in [0.1, 0.15) is 17.0 Å². The first kappa shape index (κ1) is 12.2. The van der Waals surface area contributed by atoms with Crippen LogP contribution in [-0.2, 0) is 22.2 Å². The van der Waals surface area contributed by atoms with Crippen molar-refractivity contribution >= 4 is 21.2 Å². The molecule has 0 fully saturated rings. The van der Waals surface area contributed by atoms with Gasteiger partial charge in [0.1, 0.15) is 0 Å². The minimum Gasteiger partial charge on any atom is -0.390 e. The number of aromatic nitrogens is 3. The van der Waals surface area contributed by atoms with Crippen LogP contribution in [0.5, 0.6) is 0 Å². The van der Waals surface area contributed by atoms with Gasteiger partial charge in [-0.15, -0.1) is 11.3 Å². The predicted molar refractivity (Wildman–Crippen MR) is 62.3 cm³/mol. The molecule has 6 nitrogen and oxygen atoms in total. The van der Waals surface area contributed by atoms with Gasteiger partial charge in [0, 0.05) is 5.38 Å². The van der Waals surface area contributed by atoms with E-state index in [0.29, 0.717) is 11.4 Å². The molecule has 0 bridgehead atoms. The molecule has 2 aromatic rings. The van der Waals surface area contributed by atoms with E-state index in [1.165, 1.54) is 5.38 Å². The average molecular weight is 273 g/mol. The molecule has 0 unspecified atom stereocenters. The Morgan fingerprint density at radius 3 is 2.82 bits per heavy atom. The highest BCUT2D eigenvalue weighted by molar-refractivity contribution is 7.92. The second-order valence-electron chi connectivity index (χ2n) is 3.55. The molecule has 0 aliphatic carbocycles. The summed E-state index contributed by atoms with van der Waals surface area (Å²) in [6, 6.07) is 0. The van der Waals surface area contributed by atoms with Gasteiger partial charge in [-0.25, -0.2) is 13.4 Å². The SMILES string of the molecule is Cc1cn[nH]c1CS(=O)(=O)c1nc(CO)cs1. The highest BCUT2D eigenvalue weighted by Crippen LogP contribution is 2.20. The van der Waals surface area contributed by atoms with Crippen molar-refractivity contribution in [3.05, 3.63) is 28.5 Å². The Bertz CT molecular complexity index is 615. The second kappa shape index (κ2) is 4.55. The van der Waals surface area contributed by atoms with E-state index in [1.54, 1.807) is 13.1 Å². The van der Waals surface area contributed by atoms with Gasteiger partial charge in [-0.2, -0.15) is 5.10 Å². The van der Waals surface area contributed by atoms with E-state index in [4.69, 9.17) is 5.11 Å². The summed E-state index contributed by atoms with van der Waals surface area (Å²) in [6.45, 7) is 1.53. The van der Waals surface area contributed by atoms with Crippen molar-refractivity contribution < 1.29 is 13.5 Å². The number of aromatic amines is 1. The molecule has 0 saturated heterocycles. The topological polar surface area (TPSA) is 95.9 Å². The standard InChI is InChI=1S/C9H11N3O3S2/c1-6-2-10-12-8(6)5-17(14,15)9-11-7(3-13)4-16-9/h2,4,13H,3,5H2,1H3,(H,10,12). The molecule has 0 aliphatic rings. The molecule has 0 amide bonds. The first-order chi connectivity index (χ1) is 8.03. The Morgan fingerprint density at radius 2 is 2.29 bits per heavy atom. The number of H-pyrrole nitrogens is 1. The molecule has 0 radical (unpaired) electrons. The van der Waals surface area contributed by atoms with E-state index >= 15 is 0 Å². The second-order valence-corrected chi connectivity index (χ2v) is 6.57. The number of aryl methyl sites for hydroxylation is 1. The number of nitrogens with zero attached hydrogens (tertiary/aromatic N) is 2. The van der Waals surface area contributed by atoms with Gasteiger partial charge < -0.3 is 5.11 Å². The molecule has 17 heavy (non-hydrogen) atoms. The Labute approximate surface area is 102 Å². The Morgan fingerprint density at radius 1 is 1.53 bits per heavy atom. The van der Waals surface area contributed by atoms with E-state index in [0.717, 1.165) is 16.9 Å². The Kier molecular flexibility index (Phi) is 3.27. The normalized spacial score (nSPS) is 11.9. The molecule has 0 aliphatic heterocycles. The molecule has 8 heteroatoms. The first-order valence-corrected chi connectivity index (χ1v) is 7.33. The summed E-state index contributed by atoms with van der Waals surface area (Å²) < 4.78 is 24.0. The van der Waals surface area contributed by atoms with Crippen molar-refractivity contribution in [3.63, 3.8) is 0 Å². The zero-order valence-corrected chi connectivity index (χ0v) is 10.7. The number of hydrogen-bond donors (Lipinski definition) is 2. The molecule has 0 aromatic carbocycles. The van der Waals surface area contributed by atoms with E-state index in [-0.39, 0.29) is 16.7 Å². The third-order valence-electron chi connectivity index (χ3n) is 2.23. The summed E-state index contributed by atoms with van der Waals surface area (Å²) in [5.41, 5.74) is 1.73. The van der Waals surface area contributed by atoms with Gasteiger partial charge in [0.25, 0.3) is 0 Å². The molecule has 0 saturated carbocycles. The van der Waals surface area contributed by atoms with Gasteiger partial charge in [-0.3, -0.25) is 5.10 Å². The molecule has 0 atom stereocenters. The van der Waals surface area contributed by atoms with Crippen molar-refractivity contribution in [1.82, 2.24) is 15.2 Å². The lowest BCUT2D eigenvalue weighted by Gasteiger charge is -1.99. The fraction of sp³-hybridized carbons (Fsp3) is 0.333. The van der Waals surface area contributed by atoms with Crippen LogP contribution in [0.15, 0.2) is 15.9 Å². The first-order valence-electron chi connectivity index (χ1n) is 4.80. The van der Waals surface area contributed by atoms with E-state index < -0.39 is 9.84 Å². The van der Waals surface area contributed by atoms with Crippen molar-refractivity contribution in [2.75, 3.05) is 0 Å². The van der Waals surface area contributed by atoms with E-state index in [1.807, 2.05) is 0 Å². The summed E-state index contributed by atoms with van der Waals surface area (Å²) in [4.78, 5) is 3.86. The monoisotopic (exact) mass is 273 g/mol. The van der Waals surface area contributed by atoms with Crippen LogP contribution in [0.2, 0.25) is 0 Å². The summed E-state index contributed by atoms with van der Waals surface area (Å²) in [5.74, 6) is -0.156. The molecule has 0 spiro atoms. The third-order valence-corrected chi connectivity index (χ3v) is 5.25. The fourth-order valence-corrected chi connectivity index (χ4v) is 3.77. The van der Waals surface area contributed by atoms with Crippen LogP contribution in [0, 0.1) is 6.92 Å². The van der Waals surface area contributed by atoms with Crippen LogP contribution in [0.3, 0.4) is 0 Å². The van der Waals surface area contributed by atoms with Crippen LogP contribution < -0.4 is 0 Å². The van der Waals surface area contributed by atoms with Crippen molar-refractivity contribution in [3.8, 4) is 0 Å². The lowest BCUT2D eigenvalue weighted by atomic mass is 10.3. The van der Waals surface area contributed by atoms with Crippen molar-refractivity contribution in [2.45, 2.75) is 23.6 Å². The van der Waals surface area contributed by atoms with Crippen molar-refractivity contribution in [1.29, 1.82) is 0 Å². The molecule has 92 valence electrons. The maximum absolute atomic E-state index is 12.0. The molecule has 2 aromatic heterocycles. The van der Waals surface area contributed by atoms with Crippen LogP contribution in [-0.4, -0.2) is 28.7 Å². The molecular weight excluding hydrogens is 262 g/mol. The smallest absolute Gasteiger partial charge is 0.210 e. The average Bonchev–Trinajstić information content (AvgIpc) is 2.88. The number of sulfone groups is 1. The number of nitrogens with one attached hydrogen (secondary N) is 1. The summed E-state index contributed by atoms with van der Waals surface area (Å²) in [5, 5.41) is 16.8. The maximum atomic E-state index is 12.0. The van der Waals surface area contributed by atoms with Gasteiger partial charge >= 0.3 is 0 Å². The van der Waals surface area contributed by atoms with Crippen LogP contribution >= 0.6 is 11.3 Å². The largest absolute Gasteiger partial charge is 0.390 e. The quantitative estimate of drug-likeness (QED) is 0.852. The summed E-state index contributed by atoms with van der Waals surface area (Å²) in [7, 11) is -3.47. The summed E-state index contributed by atoms with van der Waals surface area (Å²) >= 11 is 1.02. The minimum atomic E-state index is -3.47. The highest BCUT2D eigenvalue weighted by atomic mass is 32.2. The molecule has 2 rings (SSSR count). The number of thiazole rings is 1. The predicted octanol–water partition coefficient (Wildman–Crippen LogP) is 0.641. The lowest BCUT2D eigenvalue weighted by molar-refractivity contribution is 0.277. The lowest BCUT2D eigenvalue weighted by Crippen LogP contribution is -2.06.